The molecule has 1 aromatic rings. The minimum Gasteiger partial charge on any atom is -0.481 e. The van der Waals surface area contributed by atoms with Crippen molar-refractivity contribution in [2.24, 2.45) is 0 Å². The van der Waals surface area contributed by atoms with Gasteiger partial charge in [0.25, 0.3) is 0 Å². The smallest absolute Gasteiger partial charge is 0.310 e. The summed E-state index contributed by atoms with van der Waals surface area (Å²) in [6, 6.07) is 7.70. The van der Waals surface area contributed by atoms with E-state index < -0.39 is 5.97 Å². The number of carboxylic acids is 1. The molecule has 1 rings (SSSR count). The third-order valence-corrected chi connectivity index (χ3v) is 2.44. The summed E-state index contributed by atoms with van der Waals surface area (Å²) in [5, 5.41) is 9.08. The maximum absolute atomic E-state index is 11.0. The average Bonchev–Trinajstić information content (AvgIpc) is 2.15. The predicted molar refractivity (Wildman–Crippen MR) is 56.5 cm³/mol. The molecule has 2 heteroatoms. The molecule has 1 N–H and O–H groups in total. The van der Waals surface area contributed by atoms with Crippen molar-refractivity contribution in [3.05, 3.63) is 35.4 Å². The Balaban J connectivity index is 2.99. The molecule has 0 amide bonds. The molecule has 0 saturated carbocycles. The Morgan fingerprint density at radius 3 is 2.57 bits per heavy atom. The van der Waals surface area contributed by atoms with E-state index in [1.807, 2.05) is 38.1 Å². The molecule has 0 aliphatic heterocycles. The summed E-state index contributed by atoms with van der Waals surface area (Å²) in [5.74, 6) is -1.07. The van der Waals surface area contributed by atoms with Crippen LogP contribution < -0.4 is 0 Å². The number of hydrogen-bond acceptors (Lipinski definition) is 1. The van der Waals surface area contributed by atoms with Crippen molar-refractivity contribution in [1.29, 1.82) is 0 Å². The molecular formula is C12H16O2. The van der Waals surface area contributed by atoms with E-state index in [2.05, 4.69) is 0 Å². The number of aliphatic carboxylic acids is 1. The zero-order chi connectivity index (χ0) is 10.6. The van der Waals surface area contributed by atoms with Crippen molar-refractivity contribution >= 4 is 5.97 Å². The first kappa shape index (κ1) is 10.8. The minimum atomic E-state index is -0.721. The van der Waals surface area contributed by atoms with Crippen LogP contribution in [-0.2, 0) is 4.79 Å². The van der Waals surface area contributed by atoms with Gasteiger partial charge in [-0.25, -0.2) is 0 Å². The molecule has 0 bridgehead atoms. The van der Waals surface area contributed by atoms with Crippen LogP contribution in [0.2, 0.25) is 0 Å². The Kier molecular flexibility index (Phi) is 3.69. The van der Waals surface area contributed by atoms with Crippen LogP contribution in [0.1, 0.15) is 36.8 Å². The summed E-state index contributed by atoms with van der Waals surface area (Å²) in [4.78, 5) is 11.0. The largest absolute Gasteiger partial charge is 0.481 e. The summed E-state index contributed by atoms with van der Waals surface area (Å²) >= 11 is 0. The van der Waals surface area contributed by atoms with Gasteiger partial charge in [0.1, 0.15) is 0 Å². The number of carboxylic acid groups (broad SMARTS) is 1. The van der Waals surface area contributed by atoms with Crippen LogP contribution in [0, 0.1) is 6.92 Å². The maximum Gasteiger partial charge on any atom is 0.310 e. The molecular weight excluding hydrogens is 176 g/mol. The SMILES string of the molecule is CCC[C@H](C(=O)O)c1ccccc1C. The summed E-state index contributed by atoms with van der Waals surface area (Å²) in [7, 11) is 0. The Morgan fingerprint density at radius 2 is 2.07 bits per heavy atom. The number of aryl methyl sites for hydroxylation is 1. The van der Waals surface area contributed by atoms with E-state index in [1.165, 1.54) is 0 Å². The molecule has 1 atom stereocenters. The Hall–Kier alpha value is -1.31. The number of hydrogen-bond donors (Lipinski definition) is 1. The van der Waals surface area contributed by atoms with Gasteiger partial charge in [0, 0.05) is 0 Å². The Bertz CT molecular complexity index is 318. The lowest BCUT2D eigenvalue weighted by Crippen LogP contribution is -2.12. The van der Waals surface area contributed by atoms with Gasteiger partial charge in [0.05, 0.1) is 5.92 Å². The summed E-state index contributed by atoms with van der Waals surface area (Å²) < 4.78 is 0. The van der Waals surface area contributed by atoms with Crippen molar-refractivity contribution < 1.29 is 9.90 Å². The van der Waals surface area contributed by atoms with Crippen LogP contribution >= 0.6 is 0 Å². The zero-order valence-electron chi connectivity index (χ0n) is 8.66. The maximum atomic E-state index is 11.0. The summed E-state index contributed by atoms with van der Waals surface area (Å²) in [6.45, 7) is 3.97. The van der Waals surface area contributed by atoms with E-state index in [4.69, 9.17) is 5.11 Å². The third kappa shape index (κ3) is 2.34. The van der Waals surface area contributed by atoms with Crippen LogP contribution in [0.4, 0.5) is 0 Å². The van der Waals surface area contributed by atoms with Gasteiger partial charge in [0.2, 0.25) is 0 Å². The fraction of sp³-hybridized carbons (Fsp3) is 0.417. The van der Waals surface area contributed by atoms with Gasteiger partial charge < -0.3 is 5.11 Å². The molecule has 0 aliphatic carbocycles. The van der Waals surface area contributed by atoms with Gasteiger partial charge in [-0.3, -0.25) is 4.79 Å². The molecule has 2 nitrogen and oxygen atoms in total. The van der Waals surface area contributed by atoms with Crippen molar-refractivity contribution in [2.75, 3.05) is 0 Å². The lowest BCUT2D eigenvalue weighted by Gasteiger charge is -2.13. The predicted octanol–water partition coefficient (Wildman–Crippen LogP) is 2.96. The first-order valence-electron chi connectivity index (χ1n) is 4.95. The molecule has 76 valence electrons. The van der Waals surface area contributed by atoms with Gasteiger partial charge in [-0.05, 0) is 24.5 Å². The summed E-state index contributed by atoms with van der Waals surface area (Å²) in [5.41, 5.74) is 2.01. The van der Waals surface area contributed by atoms with E-state index in [0.29, 0.717) is 6.42 Å². The average molecular weight is 192 g/mol. The molecule has 0 aromatic heterocycles. The van der Waals surface area contributed by atoms with Crippen LogP contribution in [0.3, 0.4) is 0 Å². The van der Waals surface area contributed by atoms with E-state index in [9.17, 15) is 4.79 Å². The highest BCUT2D eigenvalue weighted by Gasteiger charge is 2.19. The van der Waals surface area contributed by atoms with Gasteiger partial charge >= 0.3 is 5.97 Å². The second kappa shape index (κ2) is 4.80. The first-order chi connectivity index (χ1) is 6.66. The number of carbonyl (C=O) groups is 1. The second-order valence-electron chi connectivity index (χ2n) is 3.54. The fourth-order valence-electron chi connectivity index (χ4n) is 1.68. The van der Waals surface area contributed by atoms with Crippen molar-refractivity contribution in [3.8, 4) is 0 Å². The van der Waals surface area contributed by atoms with E-state index in [0.717, 1.165) is 17.5 Å². The molecule has 0 fully saturated rings. The normalized spacial score (nSPS) is 12.4. The van der Waals surface area contributed by atoms with Crippen LogP contribution in [-0.4, -0.2) is 11.1 Å². The zero-order valence-corrected chi connectivity index (χ0v) is 8.66. The standard InChI is InChI=1S/C12H16O2/c1-3-6-11(12(13)14)10-8-5-4-7-9(10)2/h4-5,7-8,11H,3,6H2,1-2H3,(H,13,14)/t11-/m0/s1. The van der Waals surface area contributed by atoms with Crippen LogP contribution in [0.5, 0.6) is 0 Å². The van der Waals surface area contributed by atoms with E-state index in [1.54, 1.807) is 0 Å². The molecule has 0 unspecified atom stereocenters. The molecule has 0 radical (unpaired) electrons. The van der Waals surface area contributed by atoms with Gasteiger partial charge in [-0.15, -0.1) is 0 Å². The molecule has 0 spiro atoms. The fourth-order valence-corrected chi connectivity index (χ4v) is 1.68. The Morgan fingerprint density at radius 1 is 1.43 bits per heavy atom. The van der Waals surface area contributed by atoms with Crippen molar-refractivity contribution in [3.63, 3.8) is 0 Å². The van der Waals surface area contributed by atoms with Crippen LogP contribution in [0.25, 0.3) is 0 Å². The summed E-state index contributed by atoms with van der Waals surface area (Å²) in [6.07, 6.45) is 1.60. The monoisotopic (exact) mass is 192 g/mol. The van der Waals surface area contributed by atoms with Gasteiger partial charge in [0.15, 0.2) is 0 Å². The van der Waals surface area contributed by atoms with E-state index >= 15 is 0 Å². The lowest BCUT2D eigenvalue weighted by molar-refractivity contribution is -0.139. The van der Waals surface area contributed by atoms with E-state index in [-0.39, 0.29) is 5.92 Å². The number of benzene rings is 1. The highest BCUT2D eigenvalue weighted by atomic mass is 16.4. The topological polar surface area (TPSA) is 37.3 Å². The Labute approximate surface area is 84.6 Å². The third-order valence-electron chi connectivity index (χ3n) is 2.44. The first-order valence-corrected chi connectivity index (χ1v) is 4.95. The van der Waals surface area contributed by atoms with Gasteiger partial charge in [-0.1, -0.05) is 37.6 Å². The molecule has 0 aliphatic rings. The number of rotatable bonds is 4. The van der Waals surface area contributed by atoms with Crippen LogP contribution in [0.15, 0.2) is 24.3 Å². The second-order valence-corrected chi connectivity index (χ2v) is 3.54. The lowest BCUT2D eigenvalue weighted by atomic mass is 9.91. The molecule has 0 saturated heterocycles. The quantitative estimate of drug-likeness (QED) is 0.796. The molecule has 0 heterocycles. The van der Waals surface area contributed by atoms with Crippen molar-refractivity contribution in [1.82, 2.24) is 0 Å². The molecule has 14 heavy (non-hydrogen) atoms. The minimum absolute atomic E-state index is 0.346. The highest BCUT2D eigenvalue weighted by Crippen LogP contribution is 2.24. The van der Waals surface area contributed by atoms with Crippen molar-refractivity contribution in [2.45, 2.75) is 32.6 Å². The highest BCUT2D eigenvalue weighted by molar-refractivity contribution is 5.76. The molecule has 1 aromatic carbocycles. The van der Waals surface area contributed by atoms with Gasteiger partial charge in [-0.2, -0.15) is 0 Å².